The lowest BCUT2D eigenvalue weighted by molar-refractivity contribution is 0.242. The van der Waals surface area contributed by atoms with Crippen molar-refractivity contribution in [3.8, 4) is 0 Å². The van der Waals surface area contributed by atoms with Gasteiger partial charge in [0, 0.05) is 6.04 Å². The first-order valence-corrected chi connectivity index (χ1v) is 5.71. The van der Waals surface area contributed by atoms with Gasteiger partial charge in [0.2, 0.25) is 0 Å². The first kappa shape index (κ1) is 13.0. The summed E-state index contributed by atoms with van der Waals surface area (Å²) in [4.78, 5) is 0. The van der Waals surface area contributed by atoms with Crippen molar-refractivity contribution in [3.05, 3.63) is 0 Å². The van der Waals surface area contributed by atoms with E-state index in [4.69, 9.17) is 0 Å². The minimum Gasteiger partial charge on any atom is -0.317 e. The quantitative estimate of drug-likeness (QED) is 0.660. The maximum Gasteiger partial charge on any atom is 0.00670 e. The van der Waals surface area contributed by atoms with Crippen LogP contribution in [0.25, 0.3) is 0 Å². The van der Waals surface area contributed by atoms with Crippen LogP contribution in [0.3, 0.4) is 0 Å². The van der Waals surface area contributed by atoms with E-state index in [1.54, 1.807) is 0 Å². The Balaban J connectivity index is 0.000000671. The van der Waals surface area contributed by atoms with Gasteiger partial charge in [-0.1, -0.05) is 34.6 Å². The SMILES string of the molecule is CC.CNC1CCC(C(C)(C)C)C1. The molecule has 0 heterocycles. The Kier molecular flexibility index (Phi) is 5.62. The van der Waals surface area contributed by atoms with Gasteiger partial charge >= 0.3 is 0 Å². The van der Waals surface area contributed by atoms with E-state index in [1.807, 2.05) is 13.8 Å². The highest BCUT2D eigenvalue weighted by Gasteiger charge is 2.31. The molecular weight excluding hydrogens is 158 g/mol. The zero-order valence-corrected chi connectivity index (χ0v) is 10.3. The molecule has 0 aromatic carbocycles. The standard InChI is InChI=1S/C10H21N.C2H6/c1-10(2,3)8-5-6-9(7-8)11-4;1-2/h8-9,11H,5-7H2,1-4H3;1-2H3. The van der Waals surface area contributed by atoms with Crippen molar-refractivity contribution < 1.29 is 0 Å². The van der Waals surface area contributed by atoms with E-state index < -0.39 is 0 Å². The highest BCUT2D eigenvalue weighted by atomic mass is 14.9. The minimum absolute atomic E-state index is 0.519. The number of hydrogen-bond acceptors (Lipinski definition) is 1. The van der Waals surface area contributed by atoms with Gasteiger partial charge in [0.25, 0.3) is 0 Å². The van der Waals surface area contributed by atoms with Crippen LogP contribution in [-0.4, -0.2) is 13.1 Å². The Morgan fingerprint density at radius 1 is 1.08 bits per heavy atom. The molecule has 2 atom stereocenters. The van der Waals surface area contributed by atoms with Crippen LogP contribution in [0.2, 0.25) is 0 Å². The average molecular weight is 185 g/mol. The number of nitrogens with one attached hydrogen (secondary N) is 1. The van der Waals surface area contributed by atoms with Gasteiger partial charge in [-0.25, -0.2) is 0 Å². The molecule has 1 aliphatic carbocycles. The maximum absolute atomic E-state index is 3.37. The molecular formula is C12H27N. The Morgan fingerprint density at radius 3 is 1.85 bits per heavy atom. The van der Waals surface area contributed by atoms with E-state index in [9.17, 15) is 0 Å². The predicted molar refractivity (Wildman–Crippen MR) is 61.0 cm³/mol. The normalized spacial score (nSPS) is 28.2. The Bertz CT molecular complexity index is 124. The van der Waals surface area contributed by atoms with Crippen molar-refractivity contribution in [2.45, 2.75) is 59.9 Å². The molecule has 0 radical (unpaired) electrons. The fourth-order valence-corrected chi connectivity index (χ4v) is 2.03. The molecule has 1 aliphatic rings. The number of rotatable bonds is 1. The molecule has 0 spiro atoms. The Labute approximate surface area is 84.3 Å². The summed E-state index contributed by atoms with van der Waals surface area (Å²) in [6.07, 6.45) is 4.16. The van der Waals surface area contributed by atoms with Gasteiger partial charge in [-0.05, 0) is 37.6 Å². The largest absolute Gasteiger partial charge is 0.317 e. The van der Waals surface area contributed by atoms with E-state index in [1.165, 1.54) is 19.3 Å². The highest BCUT2D eigenvalue weighted by molar-refractivity contribution is 4.85. The zero-order chi connectivity index (χ0) is 10.5. The van der Waals surface area contributed by atoms with Crippen LogP contribution in [0, 0.1) is 11.3 Å². The fraction of sp³-hybridized carbons (Fsp3) is 1.00. The Morgan fingerprint density at radius 2 is 1.62 bits per heavy atom. The maximum atomic E-state index is 3.37. The second kappa shape index (κ2) is 5.64. The molecule has 0 aromatic rings. The molecule has 13 heavy (non-hydrogen) atoms. The lowest BCUT2D eigenvalue weighted by atomic mass is 9.80. The van der Waals surface area contributed by atoms with E-state index in [-0.39, 0.29) is 0 Å². The van der Waals surface area contributed by atoms with E-state index in [2.05, 4.69) is 33.1 Å². The monoisotopic (exact) mass is 185 g/mol. The zero-order valence-electron chi connectivity index (χ0n) is 10.3. The van der Waals surface area contributed by atoms with Crippen molar-refractivity contribution >= 4 is 0 Å². The van der Waals surface area contributed by atoms with Crippen LogP contribution in [0.1, 0.15) is 53.9 Å². The third-order valence-corrected chi connectivity index (χ3v) is 3.07. The molecule has 1 rings (SSSR count). The van der Waals surface area contributed by atoms with E-state index in [0.717, 1.165) is 12.0 Å². The lowest BCUT2D eigenvalue weighted by Gasteiger charge is -2.26. The Hall–Kier alpha value is -0.0400. The summed E-state index contributed by atoms with van der Waals surface area (Å²) in [5.74, 6) is 0.931. The van der Waals surface area contributed by atoms with Gasteiger partial charge in [-0.2, -0.15) is 0 Å². The summed E-state index contributed by atoms with van der Waals surface area (Å²) in [6.45, 7) is 11.1. The molecule has 1 saturated carbocycles. The molecule has 1 heteroatoms. The summed E-state index contributed by atoms with van der Waals surface area (Å²) in [5.41, 5.74) is 0.519. The van der Waals surface area contributed by atoms with Crippen molar-refractivity contribution in [1.29, 1.82) is 0 Å². The van der Waals surface area contributed by atoms with Gasteiger partial charge < -0.3 is 5.32 Å². The molecule has 1 nitrogen and oxygen atoms in total. The molecule has 0 saturated heterocycles. The summed E-state index contributed by atoms with van der Waals surface area (Å²) >= 11 is 0. The molecule has 0 bridgehead atoms. The van der Waals surface area contributed by atoms with Crippen molar-refractivity contribution in [2.24, 2.45) is 11.3 Å². The minimum atomic E-state index is 0.519. The number of hydrogen-bond donors (Lipinski definition) is 1. The van der Waals surface area contributed by atoms with Crippen LogP contribution in [0.15, 0.2) is 0 Å². The summed E-state index contributed by atoms with van der Waals surface area (Å²) in [5, 5.41) is 3.37. The molecule has 0 amide bonds. The first-order valence-electron chi connectivity index (χ1n) is 5.71. The van der Waals surface area contributed by atoms with Gasteiger partial charge in [0.15, 0.2) is 0 Å². The fourth-order valence-electron chi connectivity index (χ4n) is 2.03. The average Bonchev–Trinajstić information content (AvgIpc) is 2.54. The lowest BCUT2D eigenvalue weighted by Crippen LogP contribution is -2.24. The van der Waals surface area contributed by atoms with Crippen molar-refractivity contribution in [1.82, 2.24) is 5.32 Å². The van der Waals surface area contributed by atoms with Crippen LogP contribution in [0.5, 0.6) is 0 Å². The molecule has 80 valence electrons. The van der Waals surface area contributed by atoms with Gasteiger partial charge in [0.05, 0.1) is 0 Å². The van der Waals surface area contributed by atoms with Gasteiger partial charge in [-0.15, -0.1) is 0 Å². The van der Waals surface area contributed by atoms with Crippen molar-refractivity contribution in [2.75, 3.05) is 7.05 Å². The third kappa shape index (κ3) is 4.12. The second-order valence-corrected chi connectivity index (χ2v) is 4.86. The third-order valence-electron chi connectivity index (χ3n) is 3.07. The van der Waals surface area contributed by atoms with Crippen LogP contribution >= 0.6 is 0 Å². The van der Waals surface area contributed by atoms with Gasteiger partial charge in [-0.3, -0.25) is 0 Å². The van der Waals surface area contributed by atoms with Crippen LogP contribution in [0.4, 0.5) is 0 Å². The van der Waals surface area contributed by atoms with Crippen LogP contribution in [-0.2, 0) is 0 Å². The molecule has 0 aromatic heterocycles. The predicted octanol–water partition coefficient (Wildman–Crippen LogP) is 3.45. The summed E-state index contributed by atoms with van der Waals surface area (Å²) in [6, 6.07) is 0.791. The first-order chi connectivity index (χ1) is 6.04. The van der Waals surface area contributed by atoms with Gasteiger partial charge in [0.1, 0.15) is 0 Å². The molecule has 0 aliphatic heterocycles. The van der Waals surface area contributed by atoms with Crippen LogP contribution < -0.4 is 5.32 Å². The van der Waals surface area contributed by atoms with E-state index >= 15 is 0 Å². The smallest absolute Gasteiger partial charge is 0.00670 e. The summed E-state index contributed by atoms with van der Waals surface area (Å²) in [7, 11) is 2.08. The highest BCUT2D eigenvalue weighted by Crippen LogP contribution is 2.38. The molecule has 1 N–H and O–H groups in total. The molecule has 1 fully saturated rings. The molecule has 2 unspecified atom stereocenters. The van der Waals surface area contributed by atoms with Crippen molar-refractivity contribution in [3.63, 3.8) is 0 Å². The second-order valence-electron chi connectivity index (χ2n) is 4.86. The topological polar surface area (TPSA) is 12.0 Å². The summed E-state index contributed by atoms with van der Waals surface area (Å²) < 4.78 is 0. The van der Waals surface area contributed by atoms with E-state index in [0.29, 0.717) is 5.41 Å².